The van der Waals surface area contributed by atoms with Crippen LogP contribution in [0.15, 0.2) is 60.4 Å². The van der Waals surface area contributed by atoms with Crippen molar-refractivity contribution in [1.29, 1.82) is 0 Å². The first-order valence-electron chi connectivity index (χ1n) is 8.66. The summed E-state index contributed by atoms with van der Waals surface area (Å²) in [6, 6.07) is 12.4. The zero-order valence-electron chi connectivity index (χ0n) is 15.8. The van der Waals surface area contributed by atoms with Crippen LogP contribution in [-0.2, 0) is 9.53 Å². The Morgan fingerprint density at radius 3 is 2.68 bits per heavy atom. The maximum atomic E-state index is 12.5. The van der Waals surface area contributed by atoms with Gasteiger partial charge in [0.05, 0.1) is 19.8 Å². The highest BCUT2D eigenvalue weighted by atomic mass is 16.6. The van der Waals surface area contributed by atoms with Crippen molar-refractivity contribution in [1.82, 2.24) is 0 Å². The summed E-state index contributed by atoms with van der Waals surface area (Å²) in [7, 11) is 2.90. The van der Waals surface area contributed by atoms with Gasteiger partial charge in [-0.25, -0.2) is 4.79 Å². The summed E-state index contributed by atoms with van der Waals surface area (Å²) in [6.45, 7) is 1.58. The van der Waals surface area contributed by atoms with Crippen LogP contribution in [0.3, 0.4) is 0 Å². The van der Waals surface area contributed by atoms with E-state index in [1.54, 1.807) is 44.4 Å². The van der Waals surface area contributed by atoms with Crippen molar-refractivity contribution in [3.05, 3.63) is 71.5 Å². The van der Waals surface area contributed by atoms with Gasteiger partial charge in [0.15, 0.2) is 11.9 Å². The number of carbonyl (C=O) groups excluding carboxylic acids is 2. The molecule has 1 aliphatic heterocycles. The van der Waals surface area contributed by atoms with Crippen LogP contribution >= 0.6 is 0 Å². The molecule has 3 rings (SSSR count). The van der Waals surface area contributed by atoms with Crippen LogP contribution in [0, 0.1) is 0 Å². The maximum absolute atomic E-state index is 12.5. The van der Waals surface area contributed by atoms with Crippen LogP contribution in [0.25, 0.3) is 6.08 Å². The Morgan fingerprint density at radius 2 is 1.93 bits per heavy atom. The molecule has 0 spiro atoms. The third-order valence-electron chi connectivity index (χ3n) is 4.15. The molecule has 0 fully saturated rings. The molecule has 0 saturated carbocycles. The van der Waals surface area contributed by atoms with Gasteiger partial charge in [-0.1, -0.05) is 30.4 Å². The van der Waals surface area contributed by atoms with Gasteiger partial charge >= 0.3 is 5.97 Å². The zero-order chi connectivity index (χ0) is 20.1. The smallest absolute Gasteiger partial charge is 0.346 e. The number of methoxy groups -OCH3 is 2. The highest BCUT2D eigenvalue weighted by molar-refractivity contribution is 6.12. The number of para-hydroxylation sites is 1. The van der Waals surface area contributed by atoms with Gasteiger partial charge in [-0.2, -0.15) is 0 Å². The van der Waals surface area contributed by atoms with E-state index < -0.39 is 12.1 Å². The number of ketones is 1. The van der Waals surface area contributed by atoms with Gasteiger partial charge in [-0.15, -0.1) is 0 Å². The molecule has 2 aromatic rings. The molecule has 6 heteroatoms. The molecular formula is C22H20O6. The standard InChI is InChI=1S/C22H20O6/c1-14(22(24)26-3)27-16-11-12-17-20(13-16)28-19(21(17)23)10-6-8-15-7-4-5-9-18(15)25-2/h4-14H,1-3H3/b8-6+,19-10-. The van der Waals surface area contributed by atoms with Crippen LogP contribution in [0.5, 0.6) is 17.2 Å². The summed E-state index contributed by atoms with van der Waals surface area (Å²) in [5.74, 6) is 1.04. The molecule has 1 heterocycles. The number of rotatable bonds is 6. The van der Waals surface area contributed by atoms with E-state index in [0.29, 0.717) is 17.1 Å². The molecule has 0 aliphatic carbocycles. The van der Waals surface area contributed by atoms with Crippen molar-refractivity contribution in [3.8, 4) is 17.2 Å². The van der Waals surface area contributed by atoms with Gasteiger partial charge in [-0.05, 0) is 31.2 Å². The molecule has 0 bridgehead atoms. The largest absolute Gasteiger partial charge is 0.496 e. The van der Waals surface area contributed by atoms with E-state index in [0.717, 1.165) is 11.3 Å². The fourth-order valence-corrected chi connectivity index (χ4v) is 2.72. The number of ether oxygens (including phenoxy) is 4. The minimum absolute atomic E-state index is 0.208. The van der Waals surface area contributed by atoms with Crippen LogP contribution in [0.4, 0.5) is 0 Å². The van der Waals surface area contributed by atoms with Crippen LogP contribution < -0.4 is 14.2 Å². The summed E-state index contributed by atoms with van der Waals surface area (Å²) >= 11 is 0. The third kappa shape index (κ3) is 4.06. The first kappa shape index (κ1) is 19.2. The Balaban J connectivity index is 1.75. The highest BCUT2D eigenvalue weighted by Gasteiger charge is 2.27. The minimum Gasteiger partial charge on any atom is -0.496 e. The first-order valence-corrected chi connectivity index (χ1v) is 8.66. The van der Waals surface area contributed by atoms with Gasteiger partial charge in [0, 0.05) is 11.6 Å². The number of benzene rings is 2. The Kier molecular flexibility index (Phi) is 5.79. The lowest BCUT2D eigenvalue weighted by atomic mass is 10.1. The van der Waals surface area contributed by atoms with E-state index in [4.69, 9.17) is 14.2 Å². The van der Waals surface area contributed by atoms with Crippen molar-refractivity contribution in [2.75, 3.05) is 14.2 Å². The average Bonchev–Trinajstić information content (AvgIpc) is 3.02. The Bertz CT molecular complexity index is 957. The molecule has 28 heavy (non-hydrogen) atoms. The van der Waals surface area contributed by atoms with Crippen molar-refractivity contribution in [3.63, 3.8) is 0 Å². The van der Waals surface area contributed by atoms with Gasteiger partial charge < -0.3 is 18.9 Å². The summed E-state index contributed by atoms with van der Waals surface area (Å²) in [5, 5.41) is 0. The van der Waals surface area contributed by atoms with Crippen LogP contribution in [0.1, 0.15) is 22.8 Å². The normalized spacial score (nSPS) is 15.2. The van der Waals surface area contributed by atoms with Crippen molar-refractivity contribution >= 4 is 17.8 Å². The van der Waals surface area contributed by atoms with Gasteiger partial charge in [0.25, 0.3) is 0 Å². The Hall–Kier alpha value is -3.54. The van der Waals surface area contributed by atoms with Gasteiger partial charge in [0.1, 0.15) is 17.2 Å². The molecule has 0 amide bonds. The number of Topliss-reactive ketones (excluding diaryl/α,β-unsaturated/α-hetero) is 1. The molecule has 0 aromatic heterocycles. The zero-order valence-corrected chi connectivity index (χ0v) is 15.8. The summed E-state index contributed by atoms with van der Waals surface area (Å²) in [4.78, 5) is 24.0. The van der Waals surface area contributed by atoms with E-state index in [-0.39, 0.29) is 11.5 Å². The highest BCUT2D eigenvalue weighted by Crippen LogP contribution is 2.34. The van der Waals surface area contributed by atoms with E-state index in [1.165, 1.54) is 7.11 Å². The lowest BCUT2D eigenvalue weighted by Gasteiger charge is -2.12. The fourth-order valence-electron chi connectivity index (χ4n) is 2.72. The predicted octanol–water partition coefficient (Wildman–Crippen LogP) is 3.81. The van der Waals surface area contributed by atoms with E-state index >= 15 is 0 Å². The number of carbonyl (C=O) groups is 2. The summed E-state index contributed by atoms with van der Waals surface area (Å²) in [5.41, 5.74) is 1.33. The van der Waals surface area contributed by atoms with Crippen molar-refractivity contribution in [2.24, 2.45) is 0 Å². The van der Waals surface area contributed by atoms with Crippen molar-refractivity contribution < 1.29 is 28.5 Å². The first-order chi connectivity index (χ1) is 13.5. The second kappa shape index (κ2) is 8.43. The second-order valence-electron chi connectivity index (χ2n) is 6.00. The number of fused-ring (bicyclic) bond motifs is 1. The molecule has 0 saturated heterocycles. The van der Waals surface area contributed by atoms with Crippen molar-refractivity contribution in [2.45, 2.75) is 13.0 Å². The average molecular weight is 380 g/mol. The number of allylic oxidation sites excluding steroid dienone is 3. The molecule has 1 atom stereocenters. The molecule has 1 unspecified atom stereocenters. The van der Waals surface area contributed by atoms with E-state index in [1.807, 2.05) is 30.3 Å². The Labute approximate surface area is 163 Å². The van der Waals surface area contributed by atoms with E-state index in [2.05, 4.69) is 4.74 Å². The predicted molar refractivity (Wildman–Crippen MR) is 104 cm³/mol. The SMILES string of the molecule is COC(=O)C(C)Oc1ccc2c(c1)O/C(=C\C=C\c1ccccc1OC)C2=O. The lowest BCUT2D eigenvalue weighted by molar-refractivity contribution is -0.147. The summed E-state index contributed by atoms with van der Waals surface area (Å²) < 4.78 is 21.1. The molecule has 2 aromatic carbocycles. The molecule has 0 N–H and O–H groups in total. The number of hydrogen-bond donors (Lipinski definition) is 0. The van der Waals surface area contributed by atoms with E-state index in [9.17, 15) is 9.59 Å². The van der Waals surface area contributed by atoms with Gasteiger partial charge in [0.2, 0.25) is 5.78 Å². The molecule has 6 nitrogen and oxygen atoms in total. The molecular weight excluding hydrogens is 360 g/mol. The monoisotopic (exact) mass is 380 g/mol. The topological polar surface area (TPSA) is 71.1 Å². The quantitative estimate of drug-likeness (QED) is 0.561. The lowest BCUT2D eigenvalue weighted by Crippen LogP contribution is -2.24. The molecule has 144 valence electrons. The van der Waals surface area contributed by atoms with Gasteiger partial charge in [-0.3, -0.25) is 4.79 Å². The minimum atomic E-state index is -0.765. The number of esters is 1. The molecule has 0 radical (unpaired) electrons. The third-order valence-corrected chi connectivity index (χ3v) is 4.15. The second-order valence-corrected chi connectivity index (χ2v) is 6.00. The maximum Gasteiger partial charge on any atom is 0.346 e. The van der Waals surface area contributed by atoms with Crippen LogP contribution in [0.2, 0.25) is 0 Å². The Morgan fingerprint density at radius 1 is 1.14 bits per heavy atom. The summed E-state index contributed by atoms with van der Waals surface area (Å²) in [6.07, 6.45) is 4.40. The molecule has 1 aliphatic rings. The number of hydrogen-bond acceptors (Lipinski definition) is 6. The van der Waals surface area contributed by atoms with Crippen LogP contribution in [-0.4, -0.2) is 32.1 Å². The fraction of sp³-hybridized carbons (Fsp3) is 0.182.